The molecule has 0 spiro atoms. The Kier molecular flexibility index (Phi) is 4.80. The average molecular weight is 379 g/mol. The van der Waals surface area contributed by atoms with Gasteiger partial charge in [-0.15, -0.1) is 11.3 Å². The molecule has 0 aliphatic carbocycles. The van der Waals surface area contributed by atoms with Gasteiger partial charge in [-0.25, -0.2) is 4.98 Å². The van der Waals surface area contributed by atoms with Crippen molar-refractivity contribution in [3.63, 3.8) is 0 Å². The van der Waals surface area contributed by atoms with Gasteiger partial charge in [0.1, 0.15) is 12.2 Å². The zero-order valence-corrected chi connectivity index (χ0v) is 15.4. The van der Waals surface area contributed by atoms with Gasteiger partial charge in [0, 0.05) is 12.7 Å². The van der Waals surface area contributed by atoms with Crippen LogP contribution in [0.2, 0.25) is 0 Å². The average Bonchev–Trinajstić information content (AvgIpc) is 3.41. The van der Waals surface area contributed by atoms with Crippen LogP contribution in [0.15, 0.2) is 58.8 Å². The minimum absolute atomic E-state index is 0.0908. The van der Waals surface area contributed by atoms with Crippen molar-refractivity contribution < 1.29 is 9.32 Å². The molecule has 3 aromatic heterocycles. The first-order chi connectivity index (χ1) is 13.2. The lowest BCUT2D eigenvalue weighted by molar-refractivity contribution is -0.121. The lowest BCUT2D eigenvalue weighted by atomic mass is 10.1. The summed E-state index contributed by atoms with van der Waals surface area (Å²) in [5.41, 5.74) is 2.82. The highest BCUT2D eigenvalue weighted by molar-refractivity contribution is 7.13. The summed E-state index contributed by atoms with van der Waals surface area (Å²) in [4.78, 5) is 21.7. The van der Waals surface area contributed by atoms with Crippen LogP contribution in [0, 0.1) is 6.92 Å². The van der Waals surface area contributed by atoms with E-state index in [-0.39, 0.29) is 12.5 Å². The minimum atomic E-state index is -0.0908. The Hall–Kier alpha value is -3.26. The monoisotopic (exact) mass is 379 g/mol. The Bertz CT molecular complexity index is 1030. The number of aryl methyl sites for hydroxylation is 1. The Morgan fingerprint density at radius 2 is 2.11 bits per heavy atom. The molecule has 0 bridgehead atoms. The van der Waals surface area contributed by atoms with E-state index in [1.807, 2.05) is 48.7 Å². The van der Waals surface area contributed by atoms with E-state index >= 15 is 0 Å². The van der Waals surface area contributed by atoms with Gasteiger partial charge in [-0.3, -0.25) is 4.79 Å². The highest BCUT2D eigenvalue weighted by atomic mass is 32.1. The molecule has 136 valence electrons. The molecule has 27 heavy (non-hydrogen) atoms. The molecule has 0 aliphatic heterocycles. The Morgan fingerprint density at radius 1 is 1.26 bits per heavy atom. The summed E-state index contributed by atoms with van der Waals surface area (Å²) < 4.78 is 6.97. The fourth-order valence-electron chi connectivity index (χ4n) is 2.52. The molecule has 4 aromatic rings. The van der Waals surface area contributed by atoms with Crippen LogP contribution >= 0.6 is 11.3 Å². The second-order valence-corrected chi connectivity index (χ2v) is 7.04. The van der Waals surface area contributed by atoms with E-state index in [1.54, 1.807) is 17.1 Å². The van der Waals surface area contributed by atoms with Gasteiger partial charge >= 0.3 is 0 Å². The Balaban J connectivity index is 1.36. The fourth-order valence-corrected chi connectivity index (χ4v) is 3.16. The van der Waals surface area contributed by atoms with Crippen molar-refractivity contribution in [1.29, 1.82) is 0 Å². The van der Waals surface area contributed by atoms with Gasteiger partial charge in [0.05, 0.1) is 11.2 Å². The van der Waals surface area contributed by atoms with Crippen molar-refractivity contribution in [3.8, 4) is 22.3 Å². The van der Waals surface area contributed by atoms with Crippen LogP contribution in [0.1, 0.15) is 11.1 Å². The maximum absolute atomic E-state index is 12.1. The predicted molar refractivity (Wildman–Crippen MR) is 102 cm³/mol. The fraction of sp³-hybridized carbons (Fsp3) is 0.158. The standard InChI is InChI=1S/C19H17N5O2S/c1-13-4-6-14(7-5-13)9-20-17(25)11-24-10-15(21-12-24)18-22-19(26-23-18)16-3-2-8-27-16/h2-8,10,12H,9,11H2,1H3,(H,20,25). The molecule has 0 saturated carbocycles. The smallest absolute Gasteiger partial charge is 0.268 e. The van der Waals surface area contributed by atoms with Gasteiger partial charge in [0.15, 0.2) is 0 Å². The molecule has 8 heteroatoms. The van der Waals surface area contributed by atoms with Crippen molar-refractivity contribution in [1.82, 2.24) is 25.0 Å². The highest BCUT2D eigenvalue weighted by Gasteiger charge is 2.14. The molecule has 1 amide bonds. The van der Waals surface area contributed by atoms with Gasteiger partial charge in [0.25, 0.3) is 5.89 Å². The van der Waals surface area contributed by atoms with Crippen LogP contribution < -0.4 is 5.32 Å². The number of rotatable bonds is 6. The maximum Gasteiger partial charge on any atom is 0.268 e. The van der Waals surface area contributed by atoms with Crippen molar-refractivity contribution in [2.24, 2.45) is 0 Å². The van der Waals surface area contributed by atoms with Crippen molar-refractivity contribution in [3.05, 3.63) is 65.4 Å². The van der Waals surface area contributed by atoms with Crippen LogP contribution in [0.4, 0.5) is 0 Å². The summed E-state index contributed by atoms with van der Waals surface area (Å²) in [5.74, 6) is 0.773. The van der Waals surface area contributed by atoms with E-state index < -0.39 is 0 Å². The van der Waals surface area contributed by atoms with E-state index in [0.29, 0.717) is 24.0 Å². The number of imidazole rings is 1. The zero-order valence-electron chi connectivity index (χ0n) is 14.6. The van der Waals surface area contributed by atoms with E-state index in [0.717, 1.165) is 10.4 Å². The largest absolute Gasteiger partial charge is 0.350 e. The molecule has 1 N–H and O–H groups in total. The SMILES string of the molecule is Cc1ccc(CNC(=O)Cn2cnc(-c3noc(-c4cccs4)n3)c2)cc1. The quantitative estimate of drug-likeness (QED) is 0.556. The first kappa shape index (κ1) is 17.2. The lowest BCUT2D eigenvalue weighted by Crippen LogP contribution is -2.26. The van der Waals surface area contributed by atoms with Gasteiger partial charge in [0.2, 0.25) is 11.7 Å². The number of aromatic nitrogens is 4. The third-order valence-electron chi connectivity index (χ3n) is 3.96. The van der Waals surface area contributed by atoms with Crippen LogP contribution in [-0.4, -0.2) is 25.6 Å². The molecule has 7 nitrogen and oxygen atoms in total. The maximum atomic E-state index is 12.1. The van der Waals surface area contributed by atoms with Crippen LogP contribution in [0.25, 0.3) is 22.3 Å². The summed E-state index contributed by atoms with van der Waals surface area (Å²) in [6.07, 6.45) is 3.32. The van der Waals surface area contributed by atoms with Crippen molar-refractivity contribution in [2.75, 3.05) is 0 Å². The number of carbonyl (C=O) groups is 1. The third-order valence-corrected chi connectivity index (χ3v) is 4.81. The molecule has 0 radical (unpaired) electrons. The second kappa shape index (κ2) is 7.55. The number of hydrogen-bond acceptors (Lipinski definition) is 6. The number of carbonyl (C=O) groups excluding carboxylic acids is 1. The summed E-state index contributed by atoms with van der Waals surface area (Å²) in [5, 5.41) is 8.81. The number of nitrogens with zero attached hydrogens (tertiary/aromatic N) is 4. The van der Waals surface area contributed by atoms with E-state index in [1.165, 1.54) is 16.9 Å². The molecule has 0 saturated heterocycles. The molecular formula is C19H17N5O2S. The second-order valence-electron chi connectivity index (χ2n) is 6.09. The third kappa shape index (κ3) is 4.12. The van der Waals surface area contributed by atoms with E-state index in [9.17, 15) is 4.79 Å². The number of amides is 1. The Labute approximate surface area is 159 Å². The molecule has 4 rings (SSSR count). The van der Waals surface area contributed by atoms with Crippen LogP contribution in [-0.2, 0) is 17.9 Å². The van der Waals surface area contributed by atoms with Crippen molar-refractivity contribution >= 4 is 17.2 Å². The van der Waals surface area contributed by atoms with Gasteiger partial charge in [-0.2, -0.15) is 4.98 Å². The topological polar surface area (TPSA) is 85.8 Å². The van der Waals surface area contributed by atoms with Gasteiger partial charge in [-0.05, 0) is 23.9 Å². The molecule has 0 atom stereocenters. The summed E-state index contributed by atoms with van der Waals surface area (Å²) in [6, 6.07) is 11.9. The number of thiophene rings is 1. The minimum Gasteiger partial charge on any atom is -0.350 e. The van der Waals surface area contributed by atoms with Gasteiger partial charge in [-0.1, -0.05) is 41.1 Å². The Morgan fingerprint density at radius 3 is 2.89 bits per heavy atom. The summed E-state index contributed by atoms with van der Waals surface area (Å²) in [7, 11) is 0. The molecular weight excluding hydrogens is 362 g/mol. The highest BCUT2D eigenvalue weighted by Crippen LogP contribution is 2.24. The molecule has 0 aliphatic rings. The number of benzene rings is 1. The van der Waals surface area contributed by atoms with E-state index in [4.69, 9.17) is 4.52 Å². The predicted octanol–water partition coefficient (Wildman–Crippen LogP) is 3.29. The van der Waals surface area contributed by atoms with Gasteiger partial charge < -0.3 is 14.4 Å². The summed E-state index contributed by atoms with van der Waals surface area (Å²) >= 11 is 1.53. The number of nitrogens with one attached hydrogen (secondary N) is 1. The molecule has 1 aromatic carbocycles. The first-order valence-electron chi connectivity index (χ1n) is 8.39. The molecule has 0 unspecified atom stereocenters. The summed E-state index contributed by atoms with van der Waals surface area (Å²) in [6.45, 7) is 2.70. The first-order valence-corrected chi connectivity index (χ1v) is 9.27. The molecule has 0 fully saturated rings. The normalized spacial score (nSPS) is 10.9. The van der Waals surface area contributed by atoms with Crippen LogP contribution in [0.3, 0.4) is 0 Å². The lowest BCUT2D eigenvalue weighted by Gasteiger charge is -2.06. The van der Waals surface area contributed by atoms with E-state index in [2.05, 4.69) is 20.4 Å². The zero-order chi connectivity index (χ0) is 18.6. The number of hydrogen-bond donors (Lipinski definition) is 1. The van der Waals surface area contributed by atoms with Crippen molar-refractivity contribution in [2.45, 2.75) is 20.0 Å². The molecule has 3 heterocycles. The van der Waals surface area contributed by atoms with Crippen LogP contribution in [0.5, 0.6) is 0 Å².